The largest absolute Gasteiger partial charge is 0.377 e. The lowest BCUT2D eigenvalue weighted by Gasteiger charge is -2.08. The quantitative estimate of drug-likeness (QED) is 0.744. The van der Waals surface area contributed by atoms with E-state index in [1.165, 1.54) is 9.13 Å². The Morgan fingerprint density at radius 3 is 2.27 bits per heavy atom. The molecule has 0 fully saturated rings. The minimum absolute atomic E-state index is 0.201. The van der Waals surface area contributed by atoms with Crippen LogP contribution in [-0.4, -0.2) is 7.11 Å². The molecule has 0 saturated carbocycles. The Morgan fingerprint density at radius 2 is 1.82 bits per heavy atom. The van der Waals surface area contributed by atoms with Crippen LogP contribution in [0.1, 0.15) is 18.6 Å². The fraction of sp³-hybridized carbons (Fsp3) is 0.333. The number of benzene rings is 1. The molecule has 0 aromatic heterocycles. The molecule has 0 unspecified atom stereocenters. The van der Waals surface area contributed by atoms with Gasteiger partial charge in [-0.2, -0.15) is 0 Å². The number of hydrogen-bond donors (Lipinski definition) is 0. The summed E-state index contributed by atoms with van der Waals surface area (Å²) >= 11 is 2.29. The summed E-state index contributed by atoms with van der Waals surface area (Å²) in [7, 11) is 1.72. The Morgan fingerprint density at radius 1 is 1.27 bits per heavy atom. The van der Waals surface area contributed by atoms with E-state index in [4.69, 9.17) is 4.74 Å². The molecule has 1 aromatic rings. The zero-order chi connectivity index (χ0) is 8.27. The standard InChI is InChI=1S/C9H11IO/c1-7(11-2)8-3-5-9(10)6-4-8/h3-7H,1-2H3/t7-/m0/s1. The van der Waals surface area contributed by atoms with Crippen molar-refractivity contribution in [2.75, 3.05) is 7.11 Å². The van der Waals surface area contributed by atoms with Crippen LogP contribution in [0.2, 0.25) is 0 Å². The van der Waals surface area contributed by atoms with Crippen molar-refractivity contribution in [3.8, 4) is 0 Å². The third-order valence-electron chi connectivity index (χ3n) is 1.69. The Hall–Kier alpha value is -0.0900. The Balaban J connectivity index is 2.81. The van der Waals surface area contributed by atoms with Gasteiger partial charge in [0.25, 0.3) is 0 Å². The molecule has 0 radical (unpaired) electrons. The highest BCUT2D eigenvalue weighted by molar-refractivity contribution is 14.1. The molecule has 0 aliphatic rings. The third-order valence-corrected chi connectivity index (χ3v) is 2.41. The van der Waals surface area contributed by atoms with Crippen molar-refractivity contribution < 1.29 is 4.74 Å². The highest BCUT2D eigenvalue weighted by atomic mass is 127. The normalized spacial score (nSPS) is 13.0. The number of methoxy groups -OCH3 is 1. The van der Waals surface area contributed by atoms with Crippen molar-refractivity contribution in [1.29, 1.82) is 0 Å². The Labute approximate surface area is 80.9 Å². The van der Waals surface area contributed by atoms with Gasteiger partial charge in [-0.05, 0) is 47.2 Å². The number of rotatable bonds is 2. The van der Waals surface area contributed by atoms with Crippen LogP contribution in [0.25, 0.3) is 0 Å². The van der Waals surface area contributed by atoms with Gasteiger partial charge in [0.1, 0.15) is 0 Å². The van der Waals surface area contributed by atoms with Gasteiger partial charge in [0.2, 0.25) is 0 Å². The van der Waals surface area contributed by atoms with Gasteiger partial charge in [-0.15, -0.1) is 0 Å². The van der Waals surface area contributed by atoms with E-state index in [1.54, 1.807) is 7.11 Å². The predicted molar refractivity (Wildman–Crippen MR) is 54.6 cm³/mol. The first-order chi connectivity index (χ1) is 5.24. The summed E-state index contributed by atoms with van der Waals surface area (Å²) in [5.74, 6) is 0. The third kappa shape index (κ3) is 2.45. The van der Waals surface area contributed by atoms with Crippen LogP contribution in [0.15, 0.2) is 24.3 Å². The van der Waals surface area contributed by atoms with E-state index < -0.39 is 0 Å². The van der Waals surface area contributed by atoms with Crippen molar-refractivity contribution in [1.82, 2.24) is 0 Å². The molecular weight excluding hydrogens is 251 g/mol. The molecule has 0 aliphatic heterocycles. The van der Waals surface area contributed by atoms with Crippen LogP contribution in [0.4, 0.5) is 0 Å². The van der Waals surface area contributed by atoms with E-state index in [-0.39, 0.29) is 6.10 Å². The highest BCUT2D eigenvalue weighted by Crippen LogP contribution is 2.16. The SMILES string of the molecule is CO[C@@H](C)c1ccc(I)cc1. The van der Waals surface area contributed by atoms with Crippen LogP contribution in [0.3, 0.4) is 0 Å². The van der Waals surface area contributed by atoms with Gasteiger partial charge < -0.3 is 4.74 Å². The molecule has 0 bridgehead atoms. The molecule has 2 heteroatoms. The van der Waals surface area contributed by atoms with Crippen LogP contribution in [0.5, 0.6) is 0 Å². The maximum absolute atomic E-state index is 5.17. The van der Waals surface area contributed by atoms with E-state index in [0.29, 0.717) is 0 Å². The highest BCUT2D eigenvalue weighted by Gasteiger charge is 2.01. The smallest absolute Gasteiger partial charge is 0.0793 e. The first-order valence-electron chi connectivity index (χ1n) is 3.52. The molecule has 11 heavy (non-hydrogen) atoms. The van der Waals surface area contributed by atoms with Crippen LogP contribution in [0, 0.1) is 3.57 Å². The lowest BCUT2D eigenvalue weighted by Crippen LogP contribution is -1.94. The molecule has 0 saturated heterocycles. The van der Waals surface area contributed by atoms with Gasteiger partial charge >= 0.3 is 0 Å². The van der Waals surface area contributed by atoms with Crippen molar-refractivity contribution >= 4 is 22.6 Å². The van der Waals surface area contributed by atoms with E-state index >= 15 is 0 Å². The van der Waals surface area contributed by atoms with Crippen molar-refractivity contribution in [3.63, 3.8) is 0 Å². The molecule has 0 spiro atoms. The topological polar surface area (TPSA) is 9.23 Å². The Kier molecular flexibility index (Phi) is 3.33. The molecule has 0 aliphatic carbocycles. The van der Waals surface area contributed by atoms with E-state index in [9.17, 15) is 0 Å². The first kappa shape index (κ1) is 9.00. The van der Waals surface area contributed by atoms with Gasteiger partial charge in [-0.3, -0.25) is 0 Å². The molecule has 1 atom stereocenters. The van der Waals surface area contributed by atoms with E-state index in [1.807, 2.05) is 6.92 Å². The average molecular weight is 262 g/mol. The molecule has 1 nitrogen and oxygen atoms in total. The van der Waals surface area contributed by atoms with Gasteiger partial charge in [-0.25, -0.2) is 0 Å². The first-order valence-corrected chi connectivity index (χ1v) is 4.60. The lowest BCUT2D eigenvalue weighted by molar-refractivity contribution is 0.119. The summed E-state index contributed by atoms with van der Waals surface area (Å²) in [6.07, 6.45) is 0.201. The van der Waals surface area contributed by atoms with Crippen LogP contribution in [-0.2, 0) is 4.74 Å². The number of hydrogen-bond acceptors (Lipinski definition) is 1. The van der Waals surface area contributed by atoms with Gasteiger partial charge in [0, 0.05) is 10.7 Å². The fourth-order valence-corrected chi connectivity index (χ4v) is 1.23. The summed E-state index contributed by atoms with van der Waals surface area (Å²) in [6, 6.07) is 8.36. The van der Waals surface area contributed by atoms with E-state index in [2.05, 4.69) is 46.9 Å². The molecule has 0 N–H and O–H groups in total. The maximum atomic E-state index is 5.17. The minimum Gasteiger partial charge on any atom is -0.377 e. The van der Waals surface area contributed by atoms with Gasteiger partial charge in [-0.1, -0.05) is 12.1 Å². The molecule has 1 rings (SSSR count). The second-order valence-electron chi connectivity index (χ2n) is 2.43. The molecule has 1 aromatic carbocycles. The summed E-state index contributed by atoms with van der Waals surface area (Å²) in [6.45, 7) is 2.04. The zero-order valence-electron chi connectivity index (χ0n) is 6.67. The molecular formula is C9H11IO. The predicted octanol–water partition coefficient (Wildman–Crippen LogP) is 3.00. The van der Waals surface area contributed by atoms with Crippen molar-refractivity contribution in [2.24, 2.45) is 0 Å². The maximum Gasteiger partial charge on any atom is 0.0793 e. The van der Waals surface area contributed by atoms with Gasteiger partial charge in [0.05, 0.1) is 6.10 Å². The Bertz CT molecular complexity index is 218. The summed E-state index contributed by atoms with van der Waals surface area (Å²) in [5.41, 5.74) is 1.23. The molecule has 0 heterocycles. The van der Waals surface area contributed by atoms with Crippen LogP contribution >= 0.6 is 22.6 Å². The van der Waals surface area contributed by atoms with Crippen molar-refractivity contribution in [2.45, 2.75) is 13.0 Å². The van der Waals surface area contributed by atoms with Crippen LogP contribution < -0.4 is 0 Å². The fourth-order valence-electron chi connectivity index (χ4n) is 0.870. The lowest BCUT2D eigenvalue weighted by atomic mass is 10.1. The molecule has 0 amide bonds. The average Bonchev–Trinajstić information content (AvgIpc) is 2.05. The summed E-state index contributed by atoms with van der Waals surface area (Å²) in [5, 5.41) is 0. The number of halogens is 1. The zero-order valence-corrected chi connectivity index (χ0v) is 8.83. The van der Waals surface area contributed by atoms with Crippen molar-refractivity contribution in [3.05, 3.63) is 33.4 Å². The van der Waals surface area contributed by atoms with E-state index in [0.717, 1.165) is 0 Å². The van der Waals surface area contributed by atoms with Gasteiger partial charge in [0.15, 0.2) is 0 Å². The minimum atomic E-state index is 0.201. The second kappa shape index (κ2) is 4.07. The molecule has 60 valence electrons. The summed E-state index contributed by atoms with van der Waals surface area (Å²) in [4.78, 5) is 0. The summed E-state index contributed by atoms with van der Waals surface area (Å²) < 4.78 is 6.43. The monoisotopic (exact) mass is 262 g/mol. The number of ether oxygens (including phenoxy) is 1. The second-order valence-corrected chi connectivity index (χ2v) is 3.68.